The number of aryl methyl sites for hydroxylation is 3. The fraction of sp³-hybridized carbons (Fsp3) is 0.286. The summed E-state index contributed by atoms with van der Waals surface area (Å²) >= 11 is 4.94. The Hall–Kier alpha value is -2.12. The standard InChI is InChI=1S/C21H21BrN4OS/c1-13-4-5-14(2)19(10-13)26-15(3)23-24-21(26)28-12-20(27)25-9-8-16-11-17(22)6-7-18(16)25/h4-7,10-11H,8-9,12H2,1-3H3. The summed E-state index contributed by atoms with van der Waals surface area (Å²) in [4.78, 5) is 14.8. The third kappa shape index (κ3) is 3.61. The van der Waals surface area contributed by atoms with E-state index in [1.54, 1.807) is 0 Å². The molecule has 1 amide bonds. The molecule has 5 nitrogen and oxygen atoms in total. The van der Waals surface area contributed by atoms with Crippen LogP contribution in [0.1, 0.15) is 22.5 Å². The predicted octanol–water partition coefficient (Wildman–Crippen LogP) is 4.64. The van der Waals surface area contributed by atoms with Gasteiger partial charge in [-0.1, -0.05) is 39.8 Å². The van der Waals surface area contributed by atoms with E-state index in [2.05, 4.69) is 64.2 Å². The molecule has 1 aliphatic rings. The second-order valence-corrected chi connectivity index (χ2v) is 8.87. The maximum absolute atomic E-state index is 12.9. The first-order valence-corrected chi connectivity index (χ1v) is 10.9. The fourth-order valence-electron chi connectivity index (χ4n) is 3.51. The van der Waals surface area contributed by atoms with E-state index in [9.17, 15) is 4.79 Å². The average molecular weight is 457 g/mol. The van der Waals surface area contributed by atoms with E-state index in [0.717, 1.165) is 45.4 Å². The molecule has 0 aliphatic carbocycles. The van der Waals surface area contributed by atoms with Gasteiger partial charge in [0.15, 0.2) is 5.16 Å². The second-order valence-electron chi connectivity index (χ2n) is 7.01. The maximum atomic E-state index is 12.9. The van der Waals surface area contributed by atoms with E-state index < -0.39 is 0 Å². The summed E-state index contributed by atoms with van der Waals surface area (Å²) in [5, 5.41) is 9.31. The van der Waals surface area contributed by atoms with Gasteiger partial charge in [-0.3, -0.25) is 9.36 Å². The van der Waals surface area contributed by atoms with Crippen molar-refractivity contribution in [3.05, 3.63) is 63.4 Å². The molecule has 0 saturated carbocycles. The summed E-state index contributed by atoms with van der Waals surface area (Å²) in [6.07, 6.45) is 0.892. The van der Waals surface area contributed by atoms with Crippen LogP contribution in [0.25, 0.3) is 5.69 Å². The van der Waals surface area contributed by atoms with Gasteiger partial charge in [0.25, 0.3) is 0 Å². The number of rotatable bonds is 4. The first kappa shape index (κ1) is 19.2. The molecule has 0 spiro atoms. The van der Waals surface area contributed by atoms with Crippen LogP contribution >= 0.6 is 27.7 Å². The molecule has 0 unspecified atom stereocenters. The number of hydrogen-bond donors (Lipinski definition) is 0. The number of halogens is 1. The minimum absolute atomic E-state index is 0.0965. The highest BCUT2D eigenvalue weighted by atomic mass is 79.9. The number of aromatic nitrogens is 3. The highest BCUT2D eigenvalue weighted by molar-refractivity contribution is 9.10. The van der Waals surface area contributed by atoms with Crippen molar-refractivity contribution < 1.29 is 4.79 Å². The number of amides is 1. The first-order valence-electron chi connectivity index (χ1n) is 9.15. The molecule has 1 aliphatic heterocycles. The zero-order chi connectivity index (χ0) is 19.8. The molecular formula is C21H21BrN4OS. The van der Waals surface area contributed by atoms with Crippen molar-refractivity contribution in [2.24, 2.45) is 0 Å². The zero-order valence-corrected chi connectivity index (χ0v) is 18.5. The van der Waals surface area contributed by atoms with Gasteiger partial charge in [-0.25, -0.2) is 0 Å². The molecule has 0 saturated heterocycles. The van der Waals surface area contributed by atoms with Crippen LogP contribution in [0.15, 0.2) is 46.0 Å². The molecule has 3 aromatic rings. The van der Waals surface area contributed by atoms with Gasteiger partial charge in [0.05, 0.1) is 11.4 Å². The molecule has 0 fully saturated rings. The molecule has 0 bridgehead atoms. The number of anilines is 1. The van der Waals surface area contributed by atoms with Gasteiger partial charge in [-0.05, 0) is 68.1 Å². The third-order valence-electron chi connectivity index (χ3n) is 4.96. The van der Waals surface area contributed by atoms with Crippen molar-refractivity contribution in [1.82, 2.24) is 14.8 Å². The lowest BCUT2D eigenvalue weighted by Crippen LogP contribution is -2.30. The molecule has 0 atom stereocenters. The zero-order valence-electron chi connectivity index (χ0n) is 16.1. The van der Waals surface area contributed by atoms with Crippen molar-refractivity contribution in [3.63, 3.8) is 0 Å². The average Bonchev–Trinajstić information content (AvgIpc) is 3.25. The van der Waals surface area contributed by atoms with Gasteiger partial charge in [0.1, 0.15) is 5.82 Å². The summed E-state index contributed by atoms with van der Waals surface area (Å²) in [6, 6.07) is 12.4. The van der Waals surface area contributed by atoms with Crippen molar-refractivity contribution in [3.8, 4) is 5.69 Å². The van der Waals surface area contributed by atoms with Crippen molar-refractivity contribution in [1.29, 1.82) is 0 Å². The number of fused-ring (bicyclic) bond motifs is 1. The molecule has 0 N–H and O–H groups in total. The summed E-state index contributed by atoms with van der Waals surface area (Å²) < 4.78 is 3.09. The van der Waals surface area contributed by atoms with Gasteiger partial charge in [-0.2, -0.15) is 0 Å². The van der Waals surface area contributed by atoms with Gasteiger partial charge >= 0.3 is 0 Å². The Morgan fingerprint density at radius 1 is 1.11 bits per heavy atom. The van der Waals surface area contributed by atoms with Crippen molar-refractivity contribution >= 4 is 39.3 Å². The Morgan fingerprint density at radius 2 is 1.93 bits per heavy atom. The van der Waals surface area contributed by atoms with Gasteiger partial charge in [-0.15, -0.1) is 10.2 Å². The van der Waals surface area contributed by atoms with E-state index in [4.69, 9.17) is 0 Å². The summed E-state index contributed by atoms with van der Waals surface area (Å²) in [5.41, 5.74) is 5.62. The fourth-order valence-corrected chi connectivity index (χ4v) is 4.78. The highest BCUT2D eigenvalue weighted by Gasteiger charge is 2.25. The lowest BCUT2D eigenvalue weighted by Gasteiger charge is -2.17. The van der Waals surface area contributed by atoms with Crippen LogP contribution < -0.4 is 4.90 Å². The van der Waals surface area contributed by atoms with E-state index in [1.807, 2.05) is 28.5 Å². The molecule has 1 aromatic heterocycles. The quantitative estimate of drug-likeness (QED) is 0.536. The molecule has 2 aromatic carbocycles. The number of benzene rings is 2. The minimum Gasteiger partial charge on any atom is -0.311 e. The number of thioether (sulfide) groups is 1. The van der Waals surface area contributed by atoms with Crippen LogP contribution in [0.4, 0.5) is 5.69 Å². The smallest absolute Gasteiger partial charge is 0.237 e. The summed E-state index contributed by atoms with van der Waals surface area (Å²) in [7, 11) is 0. The van der Waals surface area contributed by atoms with Crippen LogP contribution in [-0.2, 0) is 11.2 Å². The van der Waals surface area contributed by atoms with Gasteiger partial charge < -0.3 is 4.90 Å². The molecular weight excluding hydrogens is 436 g/mol. The SMILES string of the molecule is Cc1ccc(C)c(-n2c(C)nnc2SCC(=O)N2CCc3cc(Br)ccc32)c1. The predicted molar refractivity (Wildman–Crippen MR) is 116 cm³/mol. The number of carbonyl (C=O) groups is 1. The normalized spacial score (nSPS) is 13.1. The molecule has 0 radical (unpaired) electrons. The monoisotopic (exact) mass is 456 g/mol. The molecule has 28 heavy (non-hydrogen) atoms. The van der Waals surface area contributed by atoms with Crippen LogP contribution in [0, 0.1) is 20.8 Å². The number of hydrogen-bond acceptors (Lipinski definition) is 4. The summed E-state index contributed by atoms with van der Waals surface area (Å²) in [5.74, 6) is 1.25. The Balaban J connectivity index is 1.54. The minimum atomic E-state index is 0.0965. The van der Waals surface area contributed by atoms with E-state index in [0.29, 0.717) is 5.75 Å². The van der Waals surface area contributed by atoms with Crippen LogP contribution in [0.3, 0.4) is 0 Å². The molecule has 4 rings (SSSR count). The Bertz CT molecular complexity index is 1060. The molecule has 7 heteroatoms. The van der Waals surface area contributed by atoms with E-state index >= 15 is 0 Å². The largest absolute Gasteiger partial charge is 0.311 e. The maximum Gasteiger partial charge on any atom is 0.237 e. The third-order valence-corrected chi connectivity index (χ3v) is 6.37. The van der Waals surface area contributed by atoms with Crippen molar-refractivity contribution in [2.75, 3.05) is 17.2 Å². The highest BCUT2D eigenvalue weighted by Crippen LogP contribution is 2.32. The summed E-state index contributed by atoms with van der Waals surface area (Å²) in [6.45, 7) is 6.82. The van der Waals surface area contributed by atoms with Gasteiger partial charge in [0.2, 0.25) is 5.91 Å². The Kier molecular flexibility index (Phi) is 5.29. The molecule has 144 valence electrons. The van der Waals surface area contributed by atoms with E-state index in [1.165, 1.54) is 22.9 Å². The van der Waals surface area contributed by atoms with Crippen LogP contribution in [0.2, 0.25) is 0 Å². The topological polar surface area (TPSA) is 51.0 Å². The van der Waals surface area contributed by atoms with Gasteiger partial charge in [0, 0.05) is 16.7 Å². The van der Waals surface area contributed by atoms with Crippen LogP contribution in [-0.4, -0.2) is 33.0 Å². The molecule has 2 heterocycles. The number of nitrogens with zero attached hydrogens (tertiary/aromatic N) is 4. The van der Waals surface area contributed by atoms with Crippen molar-refractivity contribution in [2.45, 2.75) is 32.3 Å². The number of carbonyl (C=O) groups excluding carboxylic acids is 1. The lowest BCUT2D eigenvalue weighted by molar-refractivity contribution is -0.116. The Morgan fingerprint density at radius 3 is 2.75 bits per heavy atom. The van der Waals surface area contributed by atoms with E-state index in [-0.39, 0.29) is 5.91 Å². The lowest BCUT2D eigenvalue weighted by atomic mass is 10.1. The van der Waals surface area contributed by atoms with Crippen LogP contribution in [0.5, 0.6) is 0 Å². The Labute approximate surface area is 177 Å². The first-order chi connectivity index (χ1) is 13.4. The second kappa shape index (κ2) is 7.72.